The zero-order valence-corrected chi connectivity index (χ0v) is 16.5. The van der Waals surface area contributed by atoms with E-state index in [9.17, 15) is 0 Å². The van der Waals surface area contributed by atoms with Gasteiger partial charge < -0.3 is 4.74 Å². The van der Waals surface area contributed by atoms with E-state index in [0.717, 1.165) is 53.5 Å². The van der Waals surface area contributed by atoms with Gasteiger partial charge in [0.05, 0.1) is 13.3 Å². The van der Waals surface area contributed by atoms with Gasteiger partial charge in [-0.25, -0.2) is 0 Å². The Kier molecular flexibility index (Phi) is 6.34. The van der Waals surface area contributed by atoms with E-state index in [0.29, 0.717) is 0 Å². The van der Waals surface area contributed by atoms with Gasteiger partial charge in [-0.2, -0.15) is 5.10 Å². The normalized spacial score (nSPS) is 15.7. The molecule has 0 unspecified atom stereocenters. The number of rotatable bonds is 5. The fraction of sp³-hybridized carbons (Fsp3) is 0.316. The molecule has 0 bridgehead atoms. The number of halogens is 2. The number of ether oxygens (including phenoxy) is 1. The minimum atomic E-state index is 0.783. The SMILES string of the molecule is COc1ccc(Br)cc1/C=N/N1CCN(Cc2ccc(Cl)cc2)CC1. The molecule has 0 radical (unpaired) electrons. The largest absolute Gasteiger partial charge is 0.496 e. The molecule has 1 heterocycles. The van der Waals surface area contributed by atoms with Crippen LogP contribution in [0.15, 0.2) is 52.0 Å². The first-order chi connectivity index (χ1) is 12.1. The minimum absolute atomic E-state index is 0.783. The number of piperazine rings is 1. The van der Waals surface area contributed by atoms with Crippen molar-refractivity contribution in [2.24, 2.45) is 5.10 Å². The van der Waals surface area contributed by atoms with Gasteiger partial charge in [-0.15, -0.1) is 0 Å². The Morgan fingerprint density at radius 1 is 1.12 bits per heavy atom. The van der Waals surface area contributed by atoms with Crippen molar-refractivity contribution in [3.8, 4) is 5.75 Å². The molecule has 1 fully saturated rings. The summed E-state index contributed by atoms with van der Waals surface area (Å²) >= 11 is 9.43. The van der Waals surface area contributed by atoms with E-state index in [2.05, 4.69) is 43.1 Å². The Hall–Kier alpha value is -1.56. The van der Waals surface area contributed by atoms with Crippen LogP contribution in [0.5, 0.6) is 5.75 Å². The van der Waals surface area contributed by atoms with Gasteiger partial charge in [-0.1, -0.05) is 39.7 Å². The van der Waals surface area contributed by atoms with E-state index < -0.39 is 0 Å². The van der Waals surface area contributed by atoms with Crippen molar-refractivity contribution in [3.63, 3.8) is 0 Å². The minimum Gasteiger partial charge on any atom is -0.496 e. The van der Waals surface area contributed by atoms with Gasteiger partial charge in [0.15, 0.2) is 0 Å². The van der Waals surface area contributed by atoms with Gasteiger partial charge in [0.2, 0.25) is 0 Å². The van der Waals surface area contributed by atoms with Gasteiger partial charge in [0.1, 0.15) is 5.75 Å². The molecule has 0 spiro atoms. The highest BCUT2D eigenvalue weighted by molar-refractivity contribution is 9.10. The van der Waals surface area contributed by atoms with E-state index in [-0.39, 0.29) is 0 Å². The lowest BCUT2D eigenvalue weighted by atomic mass is 10.2. The zero-order chi connectivity index (χ0) is 17.6. The smallest absolute Gasteiger partial charge is 0.127 e. The molecule has 25 heavy (non-hydrogen) atoms. The lowest BCUT2D eigenvalue weighted by molar-refractivity contribution is 0.131. The van der Waals surface area contributed by atoms with Crippen LogP contribution in [-0.2, 0) is 6.54 Å². The molecule has 0 aliphatic carbocycles. The highest BCUT2D eigenvalue weighted by Crippen LogP contribution is 2.21. The van der Waals surface area contributed by atoms with Crippen LogP contribution in [0.4, 0.5) is 0 Å². The second-order valence-electron chi connectivity index (χ2n) is 5.99. The lowest BCUT2D eigenvalue weighted by Crippen LogP contribution is -2.43. The van der Waals surface area contributed by atoms with E-state index in [1.54, 1.807) is 7.11 Å². The van der Waals surface area contributed by atoms with Gasteiger partial charge in [0, 0.05) is 47.8 Å². The molecule has 0 atom stereocenters. The van der Waals surface area contributed by atoms with E-state index in [1.807, 2.05) is 36.5 Å². The molecule has 2 aromatic carbocycles. The van der Waals surface area contributed by atoms with Crippen molar-refractivity contribution < 1.29 is 4.74 Å². The first kappa shape index (κ1) is 18.2. The Labute approximate surface area is 162 Å². The molecule has 132 valence electrons. The molecule has 6 heteroatoms. The lowest BCUT2D eigenvalue weighted by Gasteiger charge is -2.33. The number of hydrazone groups is 1. The van der Waals surface area contributed by atoms with Crippen molar-refractivity contribution in [2.45, 2.75) is 6.54 Å². The molecule has 0 saturated carbocycles. The summed E-state index contributed by atoms with van der Waals surface area (Å²) in [6.07, 6.45) is 1.87. The predicted octanol–water partition coefficient (Wildman–Crippen LogP) is 4.26. The topological polar surface area (TPSA) is 28.1 Å². The molecule has 1 aliphatic rings. The Bertz CT molecular complexity index is 728. The fourth-order valence-electron chi connectivity index (χ4n) is 2.81. The van der Waals surface area contributed by atoms with Crippen molar-refractivity contribution >= 4 is 33.7 Å². The first-order valence-electron chi connectivity index (χ1n) is 8.23. The molecule has 0 N–H and O–H groups in total. The van der Waals surface area contributed by atoms with Crippen LogP contribution in [0.2, 0.25) is 5.02 Å². The number of nitrogens with zero attached hydrogens (tertiary/aromatic N) is 3. The predicted molar refractivity (Wildman–Crippen MR) is 107 cm³/mol. The molecule has 4 nitrogen and oxygen atoms in total. The summed E-state index contributed by atoms with van der Waals surface area (Å²) in [6.45, 7) is 4.78. The number of benzene rings is 2. The summed E-state index contributed by atoms with van der Waals surface area (Å²) in [7, 11) is 1.68. The summed E-state index contributed by atoms with van der Waals surface area (Å²) in [6, 6.07) is 14.0. The maximum Gasteiger partial charge on any atom is 0.127 e. The third kappa shape index (κ3) is 5.21. The third-order valence-electron chi connectivity index (χ3n) is 4.22. The van der Waals surface area contributed by atoms with Crippen LogP contribution in [0, 0.1) is 0 Å². The van der Waals surface area contributed by atoms with Crippen LogP contribution in [-0.4, -0.2) is 49.4 Å². The average molecular weight is 423 g/mol. The maximum atomic E-state index is 5.94. The van der Waals surface area contributed by atoms with Gasteiger partial charge >= 0.3 is 0 Å². The van der Waals surface area contributed by atoms with Crippen LogP contribution in [0.1, 0.15) is 11.1 Å². The molecule has 2 aromatic rings. The summed E-state index contributed by atoms with van der Waals surface area (Å²) in [5.41, 5.74) is 2.26. The van der Waals surface area contributed by atoms with E-state index >= 15 is 0 Å². The summed E-state index contributed by atoms with van der Waals surface area (Å²) in [4.78, 5) is 2.44. The number of hydrogen-bond donors (Lipinski definition) is 0. The van der Waals surface area contributed by atoms with Crippen molar-refractivity contribution in [3.05, 3.63) is 63.1 Å². The molecular formula is C19H21BrClN3O. The Morgan fingerprint density at radius 2 is 1.84 bits per heavy atom. The van der Waals surface area contributed by atoms with Crippen LogP contribution in [0.3, 0.4) is 0 Å². The summed E-state index contributed by atoms with van der Waals surface area (Å²) in [5.74, 6) is 0.827. The molecule has 0 aromatic heterocycles. The number of hydrogen-bond acceptors (Lipinski definition) is 4. The van der Waals surface area contributed by atoms with Crippen molar-refractivity contribution in [2.75, 3.05) is 33.3 Å². The molecule has 3 rings (SSSR count). The fourth-order valence-corrected chi connectivity index (χ4v) is 3.31. The summed E-state index contributed by atoms with van der Waals surface area (Å²) < 4.78 is 6.40. The van der Waals surface area contributed by atoms with Gasteiger partial charge in [-0.3, -0.25) is 9.91 Å². The van der Waals surface area contributed by atoms with E-state index in [1.165, 1.54) is 5.56 Å². The van der Waals surface area contributed by atoms with Crippen LogP contribution in [0.25, 0.3) is 0 Å². The quantitative estimate of drug-likeness (QED) is 0.674. The monoisotopic (exact) mass is 421 g/mol. The van der Waals surface area contributed by atoms with Crippen LogP contribution < -0.4 is 4.74 Å². The zero-order valence-electron chi connectivity index (χ0n) is 14.2. The highest BCUT2D eigenvalue weighted by atomic mass is 79.9. The Morgan fingerprint density at radius 3 is 2.52 bits per heavy atom. The average Bonchev–Trinajstić information content (AvgIpc) is 2.63. The molecule has 0 amide bonds. The standard InChI is InChI=1S/C19H21BrClN3O/c1-25-19-7-4-17(20)12-16(19)13-22-24-10-8-23(9-11-24)14-15-2-5-18(21)6-3-15/h2-7,12-13H,8-11,14H2,1H3/b22-13+. The summed E-state index contributed by atoms with van der Waals surface area (Å²) in [5, 5.41) is 7.51. The van der Waals surface area contributed by atoms with Crippen molar-refractivity contribution in [1.29, 1.82) is 0 Å². The molecular weight excluding hydrogens is 402 g/mol. The van der Waals surface area contributed by atoms with E-state index in [4.69, 9.17) is 16.3 Å². The Balaban J connectivity index is 1.54. The second-order valence-corrected chi connectivity index (χ2v) is 7.34. The van der Waals surface area contributed by atoms with Gasteiger partial charge in [0.25, 0.3) is 0 Å². The maximum absolute atomic E-state index is 5.94. The highest BCUT2D eigenvalue weighted by Gasteiger charge is 2.15. The van der Waals surface area contributed by atoms with Gasteiger partial charge in [-0.05, 0) is 35.9 Å². The second kappa shape index (κ2) is 8.70. The van der Waals surface area contributed by atoms with Crippen LogP contribution >= 0.6 is 27.5 Å². The molecule has 1 saturated heterocycles. The molecule has 1 aliphatic heterocycles. The van der Waals surface area contributed by atoms with Crippen molar-refractivity contribution in [1.82, 2.24) is 9.91 Å². The third-order valence-corrected chi connectivity index (χ3v) is 4.97. The first-order valence-corrected chi connectivity index (χ1v) is 9.40. The number of methoxy groups -OCH3 is 1.